The topological polar surface area (TPSA) is 263 Å². The number of ether oxygens (including phenoxy) is 2. The van der Waals surface area contributed by atoms with Gasteiger partial charge in [0, 0.05) is 6.42 Å². The molecule has 7 atom stereocenters. The third kappa shape index (κ3) is 6.54. The van der Waals surface area contributed by atoms with Gasteiger partial charge >= 0.3 is 13.5 Å². The first-order chi connectivity index (χ1) is 20.7. The Morgan fingerprint density at radius 2 is 1.93 bits per heavy atom. The highest BCUT2D eigenvalue weighted by molar-refractivity contribution is 8.44. The maximum atomic E-state index is 12.3. The number of hydrogen-bond acceptors (Lipinski definition) is 15. The lowest BCUT2D eigenvalue weighted by Crippen LogP contribution is -2.31. The molecule has 2 unspecified atom stereocenters. The Kier molecular flexibility index (Phi) is 8.34. The van der Waals surface area contributed by atoms with Crippen LogP contribution >= 0.6 is 25.8 Å². The lowest BCUT2D eigenvalue weighted by molar-refractivity contribution is -0.0853. The van der Waals surface area contributed by atoms with Gasteiger partial charge < -0.3 is 39.8 Å². The maximum absolute atomic E-state index is 12.3. The summed E-state index contributed by atoms with van der Waals surface area (Å²) >= 11 is 8.88. The number of hydrogen-bond donors (Lipinski definition) is 6. The van der Waals surface area contributed by atoms with Gasteiger partial charge in [0.1, 0.15) is 24.2 Å². The van der Waals surface area contributed by atoms with Crippen molar-refractivity contribution >= 4 is 71.7 Å². The Bertz CT molecular complexity index is 1870. The second kappa shape index (κ2) is 11.7. The highest BCUT2D eigenvalue weighted by atomic mass is 32.7. The minimum Gasteiger partial charge on any atom is -0.382 e. The third-order valence-corrected chi connectivity index (χ3v) is 9.54. The molecule has 0 bridgehead atoms. The van der Waals surface area contributed by atoms with E-state index in [-0.39, 0.29) is 42.6 Å². The summed E-state index contributed by atoms with van der Waals surface area (Å²) in [5.74, 6) is 0.0962. The summed E-state index contributed by atoms with van der Waals surface area (Å²) in [4.78, 5) is 56.0. The Morgan fingerprint density at radius 1 is 1.18 bits per heavy atom. The molecule has 4 aromatic rings. The van der Waals surface area contributed by atoms with Crippen molar-refractivity contribution in [2.24, 2.45) is 0 Å². The molecule has 0 aliphatic carbocycles. The van der Waals surface area contributed by atoms with Gasteiger partial charge in [-0.25, -0.2) is 24.5 Å². The number of imidazole rings is 2. The van der Waals surface area contributed by atoms with E-state index in [1.807, 2.05) is 6.92 Å². The van der Waals surface area contributed by atoms with Crippen LogP contribution in [0.1, 0.15) is 38.6 Å². The van der Waals surface area contributed by atoms with Gasteiger partial charge in [-0.1, -0.05) is 12.2 Å². The molecule has 7 N–H and O–H groups in total. The second-order valence-corrected chi connectivity index (χ2v) is 16.0. The summed E-state index contributed by atoms with van der Waals surface area (Å²) in [6.45, 7) is -6.70. The van der Waals surface area contributed by atoms with Crippen LogP contribution in [0, 0.1) is 0 Å². The Balaban J connectivity index is 1.17. The van der Waals surface area contributed by atoms with Gasteiger partial charge in [-0.3, -0.25) is 23.4 Å². The number of H-pyrrole nitrogens is 1. The monoisotopic (exact) mass is 690 g/mol. The normalized spacial score (nSPS) is 28.5. The van der Waals surface area contributed by atoms with Gasteiger partial charge in [0.25, 0.3) is 5.56 Å². The summed E-state index contributed by atoms with van der Waals surface area (Å²) in [6.07, 6.45) is 2.14. The van der Waals surface area contributed by atoms with Crippen LogP contribution < -0.4 is 17.0 Å². The van der Waals surface area contributed by atoms with E-state index >= 15 is 0 Å². The van der Waals surface area contributed by atoms with E-state index in [1.165, 1.54) is 17.2 Å². The summed E-state index contributed by atoms with van der Waals surface area (Å²) in [5, 5.41) is 0. The fourth-order valence-electron chi connectivity index (χ4n) is 5.15. The Hall–Kier alpha value is -2.55. The minimum absolute atomic E-state index is 0.0168. The maximum Gasteiger partial charge on any atom is 0.383 e. The molecular weight excluding hydrogens is 662 g/mol. The fraction of sp³-hybridized carbons (Fsp3) is 0.524. The molecule has 4 aromatic heterocycles. The number of rotatable bonds is 10. The van der Waals surface area contributed by atoms with E-state index in [1.54, 1.807) is 10.9 Å². The van der Waals surface area contributed by atoms with Crippen LogP contribution in [0.5, 0.6) is 0 Å². The number of fused-ring (bicyclic) bond motifs is 2. The largest absolute Gasteiger partial charge is 0.383 e. The van der Waals surface area contributed by atoms with Gasteiger partial charge in [0.05, 0.1) is 37.6 Å². The van der Waals surface area contributed by atoms with Crippen molar-refractivity contribution in [1.82, 2.24) is 39.0 Å². The van der Waals surface area contributed by atoms with Gasteiger partial charge in [-0.15, -0.1) is 0 Å². The van der Waals surface area contributed by atoms with Crippen LogP contribution in [0.15, 0.2) is 23.8 Å². The molecule has 6 heterocycles. The minimum atomic E-state index is -4.12. The molecule has 2 fully saturated rings. The molecule has 2 aliphatic rings. The molecule has 2 aliphatic heterocycles. The first-order valence-corrected chi connectivity index (χ1v) is 18.4. The van der Waals surface area contributed by atoms with E-state index in [0.29, 0.717) is 24.0 Å². The lowest BCUT2D eigenvalue weighted by atomic mass is 10.0. The Morgan fingerprint density at radius 3 is 2.70 bits per heavy atom. The average molecular weight is 691 g/mol. The van der Waals surface area contributed by atoms with Gasteiger partial charge in [-0.05, 0) is 31.6 Å². The number of nitrogen functional groups attached to an aromatic ring is 2. The quantitative estimate of drug-likeness (QED) is 0.101. The molecule has 6 rings (SSSR count). The molecule has 2 saturated heterocycles. The van der Waals surface area contributed by atoms with Crippen LogP contribution in [0.3, 0.4) is 0 Å². The zero-order valence-corrected chi connectivity index (χ0v) is 26.4. The molecule has 0 spiro atoms. The molecule has 0 aromatic carbocycles. The standard InChI is InChI=1S/C21H28N10O9P2S2/c1-21(3-2-12(39-21)30-8-26-13-15(22)24-7-25-16(13)30)6-37-42(35,44)40-11-4-10(5-36-41(33,34)43)38-19(11)31-9-27-14-17(31)28-20(23)29-18(14)32/h7-12,19H,2-6H2,1H3,(H,35,44)(H2,22,24,25)(H2,33,34,43)(H3,23,28,29,32)/t10-,11+,12+,19+,21-,42?/m0/s1. The number of nitrogens with two attached hydrogens (primary N) is 2. The molecule has 19 nitrogen and oxygen atoms in total. The van der Waals surface area contributed by atoms with Crippen LogP contribution in [-0.2, 0) is 39.4 Å². The molecule has 238 valence electrons. The number of thiol groups is 1. The first-order valence-electron chi connectivity index (χ1n) is 13.0. The van der Waals surface area contributed by atoms with Crippen molar-refractivity contribution in [2.45, 2.75) is 56.5 Å². The predicted molar refractivity (Wildman–Crippen MR) is 161 cm³/mol. The van der Waals surface area contributed by atoms with Gasteiger partial charge in [-0.2, -0.15) is 4.98 Å². The molecule has 0 saturated carbocycles. The molecule has 44 heavy (non-hydrogen) atoms. The lowest BCUT2D eigenvalue weighted by Gasteiger charge is -2.29. The summed E-state index contributed by atoms with van der Waals surface area (Å²) in [5.41, 5.74) is 11.3. The highest BCUT2D eigenvalue weighted by Gasteiger charge is 2.44. The summed E-state index contributed by atoms with van der Waals surface area (Å²) in [6, 6.07) is 0. The van der Waals surface area contributed by atoms with E-state index in [2.05, 4.69) is 42.2 Å². The van der Waals surface area contributed by atoms with Gasteiger partial charge in [0.2, 0.25) is 5.95 Å². The zero-order valence-electron chi connectivity index (χ0n) is 22.9. The highest BCUT2D eigenvalue weighted by Crippen LogP contribution is 2.52. The Labute approximate surface area is 258 Å². The van der Waals surface area contributed by atoms with Crippen LogP contribution in [-0.4, -0.2) is 79.8 Å². The zero-order chi connectivity index (χ0) is 31.4. The molecule has 23 heteroatoms. The fourth-order valence-corrected chi connectivity index (χ4v) is 7.23. The average Bonchev–Trinajstić information content (AvgIpc) is 3.71. The summed E-state index contributed by atoms with van der Waals surface area (Å²) < 4.78 is 43.6. The van der Waals surface area contributed by atoms with Crippen molar-refractivity contribution in [2.75, 3.05) is 24.7 Å². The van der Waals surface area contributed by atoms with Gasteiger partial charge in [0.15, 0.2) is 28.9 Å². The number of anilines is 2. The summed E-state index contributed by atoms with van der Waals surface area (Å²) in [7, 11) is 0. The van der Waals surface area contributed by atoms with Crippen molar-refractivity contribution in [3.8, 4) is 0 Å². The van der Waals surface area contributed by atoms with Crippen LogP contribution in [0.2, 0.25) is 0 Å². The number of aromatic nitrogens is 8. The SMILES string of the molecule is C[C@@]1(COP(O)(=S)O[C@@H]2C[C@@H](COP(=O)(O)S)O[C@H]2n2cnc3c(=O)[nH]c(N)nc32)CC[C@H](n2cnc3c(N)ncnc32)O1. The molecule has 0 radical (unpaired) electrons. The van der Waals surface area contributed by atoms with Crippen molar-refractivity contribution < 1.29 is 37.4 Å². The number of nitrogens with one attached hydrogen (secondary N) is 1. The number of aromatic amines is 1. The van der Waals surface area contributed by atoms with E-state index in [4.69, 9.17) is 46.3 Å². The third-order valence-electron chi connectivity index (χ3n) is 7.14. The first kappa shape index (κ1) is 31.4. The van der Waals surface area contributed by atoms with E-state index in [9.17, 15) is 19.1 Å². The van der Waals surface area contributed by atoms with Crippen LogP contribution in [0.25, 0.3) is 22.3 Å². The van der Waals surface area contributed by atoms with E-state index < -0.39 is 49.3 Å². The number of nitrogens with zero attached hydrogens (tertiary/aromatic N) is 7. The molecule has 0 amide bonds. The van der Waals surface area contributed by atoms with Crippen molar-refractivity contribution in [1.29, 1.82) is 0 Å². The smallest absolute Gasteiger partial charge is 0.382 e. The van der Waals surface area contributed by atoms with Crippen molar-refractivity contribution in [3.63, 3.8) is 0 Å². The van der Waals surface area contributed by atoms with E-state index in [0.717, 1.165) is 0 Å². The second-order valence-electron chi connectivity index (χ2n) is 10.5. The van der Waals surface area contributed by atoms with Crippen molar-refractivity contribution in [3.05, 3.63) is 29.3 Å². The van der Waals surface area contributed by atoms with Crippen LogP contribution in [0.4, 0.5) is 11.8 Å². The predicted octanol–water partition coefficient (Wildman–Crippen LogP) is 1.14. The molecular formula is C21H28N10O9P2S2.